The van der Waals surface area contributed by atoms with E-state index in [0.29, 0.717) is 12.0 Å². The van der Waals surface area contributed by atoms with Crippen LogP contribution in [0.15, 0.2) is 18.2 Å². The van der Waals surface area contributed by atoms with E-state index in [1.165, 1.54) is 17.5 Å². The average molecular weight is 234 g/mol. The summed E-state index contributed by atoms with van der Waals surface area (Å²) in [5, 5.41) is 8.89. The second-order valence-electron chi connectivity index (χ2n) is 4.94. The van der Waals surface area contributed by atoms with Crippen molar-refractivity contribution in [2.45, 2.75) is 37.4 Å². The van der Waals surface area contributed by atoms with Gasteiger partial charge in [-0.15, -0.1) is 0 Å². The normalized spacial score (nSPS) is 29.4. The van der Waals surface area contributed by atoms with Crippen molar-refractivity contribution in [3.63, 3.8) is 0 Å². The van der Waals surface area contributed by atoms with Gasteiger partial charge < -0.3 is 14.6 Å². The Morgan fingerprint density at radius 3 is 2.88 bits per heavy atom. The zero-order valence-corrected chi connectivity index (χ0v) is 10.1. The molecular weight excluding hydrogens is 216 g/mol. The van der Waals surface area contributed by atoms with E-state index in [2.05, 4.69) is 12.1 Å². The van der Waals surface area contributed by atoms with E-state index in [1.54, 1.807) is 7.11 Å². The topological polar surface area (TPSA) is 42.0 Å². The predicted molar refractivity (Wildman–Crippen MR) is 64.4 cm³/mol. The SMILES string of the molecule is COc1ccc2c(c1)CC2CCC1OC1CO. The summed E-state index contributed by atoms with van der Waals surface area (Å²) >= 11 is 0. The number of fused-ring (bicyclic) bond motifs is 1. The van der Waals surface area contributed by atoms with Crippen molar-refractivity contribution in [2.75, 3.05) is 13.7 Å². The number of aliphatic hydroxyl groups excluding tert-OH is 1. The lowest BCUT2D eigenvalue weighted by molar-refractivity contribution is 0.241. The van der Waals surface area contributed by atoms with Crippen LogP contribution in [-0.4, -0.2) is 31.0 Å². The van der Waals surface area contributed by atoms with Gasteiger partial charge in [-0.05, 0) is 48.4 Å². The van der Waals surface area contributed by atoms with Crippen LogP contribution < -0.4 is 4.74 Å². The van der Waals surface area contributed by atoms with E-state index in [1.807, 2.05) is 6.07 Å². The van der Waals surface area contributed by atoms with Crippen molar-refractivity contribution in [2.24, 2.45) is 0 Å². The van der Waals surface area contributed by atoms with Gasteiger partial charge in [-0.3, -0.25) is 0 Å². The van der Waals surface area contributed by atoms with Gasteiger partial charge in [-0.1, -0.05) is 6.07 Å². The van der Waals surface area contributed by atoms with Gasteiger partial charge >= 0.3 is 0 Å². The van der Waals surface area contributed by atoms with Crippen molar-refractivity contribution in [1.29, 1.82) is 0 Å². The third-order valence-electron chi connectivity index (χ3n) is 3.92. The molecule has 3 heteroatoms. The molecule has 3 rings (SSSR count). The lowest BCUT2D eigenvalue weighted by atomic mass is 9.75. The van der Waals surface area contributed by atoms with Crippen molar-refractivity contribution in [3.05, 3.63) is 29.3 Å². The molecule has 3 unspecified atom stereocenters. The molecule has 1 aromatic rings. The molecule has 0 aromatic heterocycles. The van der Waals surface area contributed by atoms with Crippen LogP contribution in [0.5, 0.6) is 5.75 Å². The second kappa shape index (κ2) is 4.31. The van der Waals surface area contributed by atoms with Crippen molar-refractivity contribution >= 4 is 0 Å². The molecule has 1 fully saturated rings. The maximum Gasteiger partial charge on any atom is 0.119 e. The molecule has 1 aromatic carbocycles. The minimum atomic E-state index is 0.116. The fourth-order valence-corrected chi connectivity index (χ4v) is 2.75. The van der Waals surface area contributed by atoms with Gasteiger partial charge in [0.25, 0.3) is 0 Å². The summed E-state index contributed by atoms with van der Waals surface area (Å²) in [4.78, 5) is 0. The lowest BCUT2D eigenvalue weighted by Gasteiger charge is -2.30. The Morgan fingerprint density at radius 2 is 2.24 bits per heavy atom. The van der Waals surface area contributed by atoms with Gasteiger partial charge in [0.15, 0.2) is 0 Å². The summed E-state index contributed by atoms with van der Waals surface area (Å²) in [7, 11) is 1.71. The predicted octanol–water partition coefficient (Wildman–Crippen LogP) is 1.87. The van der Waals surface area contributed by atoms with Crippen LogP contribution in [0.1, 0.15) is 29.9 Å². The van der Waals surface area contributed by atoms with E-state index in [9.17, 15) is 0 Å². The molecule has 3 nitrogen and oxygen atoms in total. The molecule has 0 spiro atoms. The quantitative estimate of drug-likeness (QED) is 0.791. The van der Waals surface area contributed by atoms with Gasteiger partial charge in [0.2, 0.25) is 0 Å². The molecule has 1 heterocycles. The molecule has 0 saturated carbocycles. The number of benzene rings is 1. The van der Waals surface area contributed by atoms with Crippen LogP contribution in [0.2, 0.25) is 0 Å². The summed E-state index contributed by atoms with van der Waals surface area (Å²) in [5.41, 5.74) is 2.89. The van der Waals surface area contributed by atoms with Crippen LogP contribution in [0, 0.1) is 0 Å². The monoisotopic (exact) mass is 234 g/mol. The zero-order valence-electron chi connectivity index (χ0n) is 10.1. The molecular formula is C14H18O3. The number of epoxide rings is 1. The first kappa shape index (κ1) is 11.1. The summed E-state index contributed by atoms with van der Waals surface area (Å²) in [6.45, 7) is 0.170. The van der Waals surface area contributed by atoms with E-state index in [-0.39, 0.29) is 12.7 Å². The number of hydrogen-bond donors (Lipinski definition) is 1. The average Bonchev–Trinajstić information content (AvgIpc) is 3.08. The number of ether oxygens (including phenoxy) is 2. The summed E-state index contributed by atoms with van der Waals surface area (Å²) in [6, 6.07) is 6.35. The molecule has 1 aliphatic heterocycles. The van der Waals surface area contributed by atoms with E-state index < -0.39 is 0 Å². The number of aliphatic hydroxyl groups is 1. The fraction of sp³-hybridized carbons (Fsp3) is 0.571. The molecule has 1 N–H and O–H groups in total. The lowest BCUT2D eigenvalue weighted by Crippen LogP contribution is -2.18. The largest absolute Gasteiger partial charge is 0.497 e. The van der Waals surface area contributed by atoms with E-state index in [4.69, 9.17) is 14.6 Å². The summed E-state index contributed by atoms with van der Waals surface area (Å²) in [6.07, 6.45) is 3.82. The van der Waals surface area contributed by atoms with Crippen LogP contribution in [0.3, 0.4) is 0 Å². The molecule has 0 bridgehead atoms. The van der Waals surface area contributed by atoms with E-state index in [0.717, 1.165) is 18.6 Å². The number of methoxy groups -OCH3 is 1. The maximum absolute atomic E-state index is 8.89. The van der Waals surface area contributed by atoms with Crippen molar-refractivity contribution in [3.8, 4) is 5.75 Å². The Labute approximate surface area is 101 Å². The van der Waals surface area contributed by atoms with Crippen molar-refractivity contribution in [1.82, 2.24) is 0 Å². The maximum atomic E-state index is 8.89. The van der Waals surface area contributed by atoms with E-state index >= 15 is 0 Å². The summed E-state index contributed by atoms with van der Waals surface area (Å²) in [5.74, 6) is 1.63. The van der Waals surface area contributed by atoms with Gasteiger partial charge in [0.1, 0.15) is 11.9 Å². The third-order valence-corrected chi connectivity index (χ3v) is 3.92. The first-order valence-corrected chi connectivity index (χ1v) is 6.25. The Hall–Kier alpha value is -1.06. The first-order valence-electron chi connectivity index (χ1n) is 6.25. The zero-order chi connectivity index (χ0) is 11.8. The van der Waals surface area contributed by atoms with Crippen LogP contribution in [0.25, 0.3) is 0 Å². The minimum Gasteiger partial charge on any atom is -0.497 e. The Bertz CT molecular complexity index is 416. The third kappa shape index (κ3) is 2.05. The Morgan fingerprint density at radius 1 is 1.35 bits per heavy atom. The Balaban J connectivity index is 1.54. The highest BCUT2D eigenvalue weighted by molar-refractivity contribution is 5.44. The number of hydrogen-bond acceptors (Lipinski definition) is 3. The van der Waals surface area contributed by atoms with Gasteiger partial charge in [-0.25, -0.2) is 0 Å². The van der Waals surface area contributed by atoms with Crippen LogP contribution in [0.4, 0.5) is 0 Å². The second-order valence-corrected chi connectivity index (χ2v) is 4.94. The van der Waals surface area contributed by atoms with Crippen LogP contribution in [-0.2, 0) is 11.2 Å². The van der Waals surface area contributed by atoms with Gasteiger partial charge in [0.05, 0.1) is 19.8 Å². The van der Waals surface area contributed by atoms with Crippen LogP contribution >= 0.6 is 0 Å². The highest BCUT2D eigenvalue weighted by atomic mass is 16.6. The molecule has 0 radical (unpaired) electrons. The van der Waals surface area contributed by atoms with Gasteiger partial charge in [0, 0.05) is 0 Å². The Kier molecular flexibility index (Phi) is 2.81. The molecule has 17 heavy (non-hydrogen) atoms. The molecule has 92 valence electrons. The molecule has 1 aliphatic carbocycles. The van der Waals surface area contributed by atoms with Crippen molar-refractivity contribution < 1.29 is 14.6 Å². The van der Waals surface area contributed by atoms with Gasteiger partial charge in [-0.2, -0.15) is 0 Å². The molecule has 0 amide bonds. The minimum absolute atomic E-state index is 0.116. The number of rotatable bonds is 5. The fourth-order valence-electron chi connectivity index (χ4n) is 2.75. The molecule has 3 atom stereocenters. The summed E-state index contributed by atoms with van der Waals surface area (Å²) < 4.78 is 10.5. The smallest absolute Gasteiger partial charge is 0.119 e. The molecule has 1 saturated heterocycles. The standard InChI is InChI=1S/C14H18O3/c1-16-11-3-4-12-9(6-10(12)7-11)2-5-13-14(8-15)17-13/h3-4,7,9,13-15H,2,5-6,8H2,1H3. The highest BCUT2D eigenvalue weighted by Crippen LogP contribution is 2.41. The highest BCUT2D eigenvalue weighted by Gasteiger charge is 2.38. The molecule has 2 aliphatic rings. The first-order chi connectivity index (χ1) is 8.31.